The quantitative estimate of drug-likeness (QED) is 0.427. The summed E-state index contributed by atoms with van der Waals surface area (Å²) in [5.74, 6) is 0.748. The van der Waals surface area contributed by atoms with E-state index < -0.39 is 6.03 Å². The molecular weight excluding hydrogens is 499 g/mol. The Morgan fingerprint density at radius 3 is 2.47 bits per heavy atom. The Kier molecular flexibility index (Phi) is 6.43. The van der Waals surface area contributed by atoms with E-state index in [1.165, 1.54) is 11.8 Å². The van der Waals surface area contributed by atoms with Crippen molar-refractivity contribution in [1.29, 1.82) is 0 Å². The molecule has 7 nitrogen and oxygen atoms in total. The number of aryl methyl sites for hydroxylation is 1. The highest BCUT2D eigenvalue weighted by Gasteiger charge is 2.26. The van der Waals surface area contributed by atoms with Gasteiger partial charge < -0.3 is 15.0 Å². The fourth-order valence-corrected chi connectivity index (χ4v) is 4.66. The van der Waals surface area contributed by atoms with Crippen molar-refractivity contribution in [3.05, 3.63) is 99.2 Å². The van der Waals surface area contributed by atoms with Gasteiger partial charge in [-0.3, -0.25) is 4.79 Å². The minimum atomic E-state index is -0.473. The lowest BCUT2D eigenvalue weighted by Gasteiger charge is -2.29. The molecule has 3 aromatic carbocycles. The van der Waals surface area contributed by atoms with E-state index in [9.17, 15) is 9.59 Å². The molecule has 9 heteroatoms. The number of halogens is 2. The largest absolute Gasteiger partial charge is 0.454 e. The van der Waals surface area contributed by atoms with E-state index in [2.05, 4.69) is 41.3 Å². The Morgan fingerprint density at radius 2 is 1.78 bits per heavy atom. The summed E-state index contributed by atoms with van der Waals surface area (Å²) in [6.07, 6.45) is 2.13. The van der Waals surface area contributed by atoms with Gasteiger partial charge in [-0.1, -0.05) is 59.6 Å². The van der Waals surface area contributed by atoms with Gasteiger partial charge in [0.2, 0.25) is 0 Å². The van der Waals surface area contributed by atoms with Crippen LogP contribution in [-0.2, 0) is 13.0 Å². The standard InChI is InChI=1S/C27H22Cl2N4O3/c1-16-3-5-18(6-4-16)15-32-10-9-19-11-21(7-8-22(19)26(32)34)36-25-23(28)12-20(13-24(25)29)33-27(35)31-17(2)14-30-33/h3-8,11-14H,2,9-10,15H2,1H3,(H,31,35). The molecule has 2 heterocycles. The Labute approximate surface area is 218 Å². The van der Waals surface area contributed by atoms with E-state index in [-0.39, 0.29) is 21.7 Å². The molecule has 182 valence electrons. The lowest BCUT2D eigenvalue weighted by atomic mass is 9.98. The number of benzene rings is 3. The van der Waals surface area contributed by atoms with Crippen LogP contribution in [0, 0.1) is 6.92 Å². The van der Waals surface area contributed by atoms with E-state index in [1.807, 2.05) is 17.9 Å². The molecule has 0 unspecified atom stereocenters. The van der Waals surface area contributed by atoms with E-state index >= 15 is 0 Å². The summed E-state index contributed by atoms with van der Waals surface area (Å²) >= 11 is 12.9. The fraction of sp³-hybridized carbons (Fsp3) is 0.148. The summed E-state index contributed by atoms with van der Waals surface area (Å²) in [6, 6.07) is 16.1. The zero-order chi connectivity index (χ0) is 25.4. The van der Waals surface area contributed by atoms with Crippen molar-refractivity contribution in [3.63, 3.8) is 0 Å². The predicted octanol–water partition coefficient (Wildman–Crippen LogP) is 6.32. The molecule has 2 aliphatic rings. The first-order chi connectivity index (χ1) is 17.3. The van der Waals surface area contributed by atoms with Gasteiger partial charge in [0, 0.05) is 18.7 Å². The molecule has 0 atom stereocenters. The number of urea groups is 1. The molecule has 0 radical (unpaired) electrons. The number of carbonyl (C=O) groups is 2. The van der Waals surface area contributed by atoms with Crippen LogP contribution in [-0.4, -0.2) is 29.6 Å². The normalized spacial score (nSPS) is 15.1. The zero-order valence-corrected chi connectivity index (χ0v) is 20.9. The van der Waals surface area contributed by atoms with Crippen molar-refractivity contribution >= 4 is 47.0 Å². The van der Waals surface area contributed by atoms with Gasteiger partial charge in [-0.2, -0.15) is 10.1 Å². The molecular formula is C27H22Cl2N4O3. The third-order valence-corrected chi connectivity index (χ3v) is 6.54. The summed E-state index contributed by atoms with van der Waals surface area (Å²) in [6.45, 7) is 6.87. The molecule has 3 aromatic rings. The van der Waals surface area contributed by atoms with Crippen LogP contribution >= 0.6 is 23.2 Å². The van der Waals surface area contributed by atoms with Crippen LogP contribution in [0.25, 0.3) is 0 Å². The maximum absolute atomic E-state index is 13.1. The molecule has 0 saturated heterocycles. The Bertz CT molecular complexity index is 1400. The number of nitrogens with zero attached hydrogens (tertiary/aromatic N) is 3. The van der Waals surface area contributed by atoms with Crippen LogP contribution in [0.15, 0.2) is 72.0 Å². The van der Waals surface area contributed by atoms with E-state index in [1.54, 1.807) is 24.3 Å². The number of nitrogens with one attached hydrogen (secondary N) is 1. The van der Waals surface area contributed by atoms with Crippen LogP contribution in [0.2, 0.25) is 10.0 Å². The molecule has 2 aliphatic heterocycles. The molecule has 0 fully saturated rings. The van der Waals surface area contributed by atoms with E-state index in [0.29, 0.717) is 42.2 Å². The highest BCUT2D eigenvalue weighted by atomic mass is 35.5. The highest BCUT2D eigenvalue weighted by molar-refractivity contribution is 6.37. The Balaban J connectivity index is 1.33. The van der Waals surface area contributed by atoms with Crippen LogP contribution in [0.3, 0.4) is 0 Å². The number of ether oxygens (including phenoxy) is 1. The lowest BCUT2D eigenvalue weighted by Crippen LogP contribution is -2.40. The van der Waals surface area contributed by atoms with Crippen molar-refractivity contribution in [2.24, 2.45) is 5.10 Å². The van der Waals surface area contributed by atoms with Gasteiger partial charge in [0.05, 0.1) is 27.6 Å². The monoisotopic (exact) mass is 520 g/mol. The van der Waals surface area contributed by atoms with Gasteiger partial charge >= 0.3 is 6.03 Å². The number of carbonyl (C=O) groups excluding carboxylic acids is 2. The van der Waals surface area contributed by atoms with Gasteiger partial charge in [0.25, 0.3) is 5.91 Å². The minimum Gasteiger partial charge on any atom is -0.454 e. The minimum absolute atomic E-state index is 0.00756. The Morgan fingerprint density at radius 1 is 1.06 bits per heavy atom. The average molecular weight is 521 g/mol. The first-order valence-electron chi connectivity index (χ1n) is 11.3. The summed E-state index contributed by atoms with van der Waals surface area (Å²) in [7, 11) is 0. The molecule has 3 amide bonds. The maximum Gasteiger partial charge on any atom is 0.347 e. The number of allylic oxidation sites excluding steroid dienone is 1. The van der Waals surface area contributed by atoms with Crippen molar-refractivity contribution in [1.82, 2.24) is 10.2 Å². The molecule has 0 aromatic heterocycles. The van der Waals surface area contributed by atoms with Crippen LogP contribution in [0.1, 0.15) is 27.0 Å². The number of hydrogen-bond acceptors (Lipinski definition) is 4. The highest BCUT2D eigenvalue weighted by Crippen LogP contribution is 2.40. The molecule has 0 spiro atoms. The number of hydrogen-bond donors (Lipinski definition) is 1. The predicted molar refractivity (Wildman–Crippen MR) is 141 cm³/mol. The van der Waals surface area contributed by atoms with Crippen LogP contribution in [0.5, 0.6) is 11.5 Å². The van der Waals surface area contributed by atoms with Crippen molar-refractivity contribution in [2.75, 3.05) is 11.6 Å². The fourth-order valence-electron chi connectivity index (χ4n) is 4.11. The molecule has 0 saturated carbocycles. The van der Waals surface area contributed by atoms with Crippen molar-refractivity contribution in [2.45, 2.75) is 19.9 Å². The average Bonchev–Trinajstić information content (AvgIpc) is 2.84. The number of fused-ring (bicyclic) bond motifs is 1. The SMILES string of the molecule is C=C1C=NN(c2cc(Cl)c(Oc3ccc4c(c3)CCN(Cc3ccc(C)cc3)C4=O)c(Cl)c2)C(=O)N1. The molecule has 0 aliphatic carbocycles. The van der Waals surface area contributed by atoms with Gasteiger partial charge in [0.1, 0.15) is 5.75 Å². The summed E-state index contributed by atoms with van der Waals surface area (Å²) < 4.78 is 6.00. The second-order valence-corrected chi connectivity index (χ2v) is 9.45. The van der Waals surface area contributed by atoms with Gasteiger partial charge in [-0.15, -0.1) is 0 Å². The zero-order valence-electron chi connectivity index (χ0n) is 19.4. The van der Waals surface area contributed by atoms with E-state index in [4.69, 9.17) is 27.9 Å². The van der Waals surface area contributed by atoms with Crippen molar-refractivity contribution in [3.8, 4) is 11.5 Å². The molecule has 5 rings (SSSR count). The Hall–Kier alpha value is -3.81. The molecule has 1 N–H and O–H groups in total. The van der Waals surface area contributed by atoms with Crippen molar-refractivity contribution < 1.29 is 14.3 Å². The first-order valence-corrected chi connectivity index (χ1v) is 12.0. The number of rotatable bonds is 5. The number of anilines is 1. The third-order valence-electron chi connectivity index (χ3n) is 5.98. The van der Waals surface area contributed by atoms with Gasteiger partial charge in [-0.25, -0.2) is 4.79 Å². The second-order valence-electron chi connectivity index (χ2n) is 8.63. The molecule has 36 heavy (non-hydrogen) atoms. The maximum atomic E-state index is 13.1. The van der Waals surface area contributed by atoms with E-state index in [0.717, 1.165) is 16.1 Å². The van der Waals surface area contributed by atoms with Crippen LogP contribution in [0.4, 0.5) is 10.5 Å². The topological polar surface area (TPSA) is 74.2 Å². The van der Waals surface area contributed by atoms with Gasteiger partial charge in [0.15, 0.2) is 5.75 Å². The lowest BCUT2D eigenvalue weighted by molar-refractivity contribution is 0.0727. The number of amides is 3. The second kappa shape index (κ2) is 9.68. The summed E-state index contributed by atoms with van der Waals surface area (Å²) in [5, 5.41) is 8.17. The van der Waals surface area contributed by atoms with Gasteiger partial charge in [-0.05, 0) is 54.8 Å². The third kappa shape index (κ3) is 4.80. The smallest absolute Gasteiger partial charge is 0.347 e. The summed E-state index contributed by atoms with van der Waals surface area (Å²) in [4.78, 5) is 27.1. The first kappa shape index (κ1) is 23.9. The number of hydrazone groups is 1. The summed E-state index contributed by atoms with van der Waals surface area (Å²) in [5.41, 5.74) is 4.61. The van der Waals surface area contributed by atoms with Crippen LogP contribution < -0.4 is 15.1 Å². The molecule has 0 bridgehead atoms.